The van der Waals surface area contributed by atoms with E-state index >= 15 is 0 Å². The Labute approximate surface area is 116 Å². The number of methoxy groups -OCH3 is 1. The molecular formula is C15H27NO3. The Morgan fingerprint density at radius 1 is 1.21 bits per heavy atom. The van der Waals surface area contributed by atoms with Gasteiger partial charge in [0.15, 0.2) is 0 Å². The molecule has 1 rings (SSSR count). The van der Waals surface area contributed by atoms with Crippen LogP contribution in [-0.4, -0.2) is 37.5 Å². The topological polar surface area (TPSA) is 46.6 Å². The van der Waals surface area contributed by atoms with Crippen molar-refractivity contribution in [3.63, 3.8) is 0 Å². The van der Waals surface area contributed by atoms with Gasteiger partial charge in [0, 0.05) is 13.6 Å². The summed E-state index contributed by atoms with van der Waals surface area (Å²) in [6, 6.07) is 0. The minimum atomic E-state index is -0.249. The molecule has 3 unspecified atom stereocenters. The molecule has 0 aromatic carbocycles. The maximum Gasteiger partial charge on any atom is 0.309 e. The van der Waals surface area contributed by atoms with E-state index in [0.717, 1.165) is 38.6 Å². The third kappa shape index (κ3) is 4.22. The summed E-state index contributed by atoms with van der Waals surface area (Å²) in [7, 11) is 3.24. The van der Waals surface area contributed by atoms with E-state index in [4.69, 9.17) is 4.74 Å². The molecule has 0 radical (unpaired) electrons. The van der Waals surface area contributed by atoms with Crippen LogP contribution in [0.25, 0.3) is 0 Å². The van der Waals surface area contributed by atoms with Crippen LogP contribution in [0, 0.1) is 17.8 Å². The second kappa shape index (κ2) is 7.51. The van der Waals surface area contributed by atoms with Crippen LogP contribution in [0.4, 0.5) is 0 Å². The second-order valence-corrected chi connectivity index (χ2v) is 5.78. The number of nitrogens with zero attached hydrogens (tertiary/aromatic N) is 1. The number of ether oxygens (including phenoxy) is 1. The fourth-order valence-corrected chi connectivity index (χ4v) is 2.97. The van der Waals surface area contributed by atoms with Gasteiger partial charge in [0.1, 0.15) is 0 Å². The van der Waals surface area contributed by atoms with Gasteiger partial charge in [0.25, 0.3) is 0 Å². The van der Waals surface area contributed by atoms with Gasteiger partial charge in [-0.3, -0.25) is 9.59 Å². The summed E-state index contributed by atoms with van der Waals surface area (Å²) in [6.45, 7) is 5.03. The lowest BCUT2D eigenvalue weighted by molar-refractivity contribution is -0.151. The Bertz CT molecular complexity index is 317. The van der Waals surface area contributed by atoms with Crippen molar-refractivity contribution in [1.29, 1.82) is 0 Å². The molecule has 110 valence electrons. The van der Waals surface area contributed by atoms with Crippen LogP contribution >= 0.6 is 0 Å². The number of hydrogen-bond donors (Lipinski definition) is 0. The van der Waals surface area contributed by atoms with Crippen molar-refractivity contribution in [2.75, 3.05) is 20.7 Å². The fraction of sp³-hybridized carbons (Fsp3) is 0.867. The lowest BCUT2D eigenvalue weighted by atomic mass is 9.94. The van der Waals surface area contributed by atoms with Gasteiger partial charge in [0.05, 0.1) is 18.9 Å². The minimum Gasteiger partial charge on any atom is -0.469 e. The Balaban J connectivity index is 2.60. The molecule has 0 heterocycles. The van der Waals surface area contributed by atoms with E-state index in [-0.39, 0.29) is 23.7 Å². The Morgan fingerprint density at radius 3 is 2.42 bits per heavy atom. The summed E-state index contributed by atoms with van der Waals surface area (Å²) in [4.78, 5) is 26.0. The summed E-state index contributed by atoms with van der Waals surface area (Å²) < 4.78 is 4.83. The summed E-state index contributed by atoms with van der Waals surface area (Å²) in [5.41, 5.74) is 0. The normalized spacial score (nSPS) is 26.2. The molecule has 0 aliphatic heterocycles. The zero-order valence-corrected chi connectivity index (χ0v) is 12.6. The summed E-state index contributed by atoms with van der Waals surface area (Å²) >= 11 is 0. The molecule has 0 aromatic rings. The van der Waals surface area contributed by atoms with Crippen molar-refractivity contribution >= 4 is 11.9 Å². The molecule has 1 aliphatic rings. The molecule has 0 bridgehead atoms. The monoisotopic (exact) mass is 269 g/mol. The molecular weight excluding hydrogens is 242 g/mol. The van der Waals surface area contributed by atoms with Crippen molar-refractivity contribution in [1.82, 2.24) is 4.90 Å². The summed E-state index contributed by atoms with van der Waals surface area (Å²) in [6.07, 6.45) is 4.89. The average Bonchev–Trinajstić information content (AvgIpc) is 2.79. The zero-order chi connectivity index (χ0) is 14.4. The van der Waals surface area contributed by atoms with Gasteiger partial charge in [-0.25, -0.2) is 0 Å². The number of carbonyl (C=O) groups is 2. The van der Waals surface area contributed by atoms with Crippen molar-refractivity contribution in [2.24, 2.45) is 17.8 Å². The van der Waals surface area contributed by atoms with Crippen LogP contribution in [0.5, 0.6) is 0 Å². The maximum atomic E-state index is 12.4. The quantitative estimate of drug-likeness (QED) is 0.549. The molecule has 1 amide bonds. The number of carbonyl (C=O) groups excluding carboxylic acids is 2. The molecule has 4 heteroatoms. The van der Waals surface area contributed by atoms with E-state index in [9.17, 15) is 9.59 Å². The van der Waals surface area contributed by atoms with E-state index < -0.39 is 0 Å². The molecule has 3 atom stereocenters. The molecule has 1 saturated carbocycles. The highest BCUT2D eigenvalue weighted by atomic mass is 16.5. The van der Waals surface area contributed by atoms with Crippen molar-refractivity contribution in [2.45, 2.75) is 46.0 Å². The first-order chi connectivity index (χ1) is 9.01. The molecule has 0 saturated heterocycles. The molecule has 0 spiro atoms. The van der Waals surface area contributed by atoms with Gasteiger partial charge in [-0.15, -0.1) is 0 Å². The number of esters is 1. The van der Waals surface area contributed by atoms with Gasteiger partial charge in [-0.2, -0.15) is 0 Å². The van der Waals surface area contributed by atoms with Crippen LogP contribution in [0.2, 0.25) is 0 Å². The molecule has 0 aromatic heterocycles. The largest absolute Gasteiger partial charge is 0.469 e. The van der Waals surface area contributed by atoms with Crippen LogP contribution in [0.3, 0.4) is 0 Å². The van der Waals surface area contributed by atoms with Crippen molar-refractivity contribution in [3.05, 3.63) is 0 Å². The fourth-order valence-electron chi connectivity index (χ4n) is 2.97. The average molecular weight is 269 g/mol. The first-order valence-corrected chi connectivity index (χ1v) is 7.34. The first-order valence-electron chi connectivity index (χ1n) is 7.34. The number of unbranched alkanes of at least 4 members (excludes halogenated alkanes) is 2. The second-order valence-electron chi connectivity index (χ2n) is 5.78. The predicted octanol–water partition coefficient (Wildman–Crippen LogP) is 2.47. The maximum absolute atomic E-state index is 12.4. The van der Waals surface area contributed by atoms with E-state index in [1.54, 1.807) is 4.90 Å². The lowest BCUT2D eigenvalue weighted by Gasteiger charge is -2.24. The standard InChI is InChI=1S/C15H27NO3/c1-5-6-7-8-16(3)14(17)12-9-11(2)10-13(12)15(18)19-4/h11-13H,5-10H2,1-4H3. The van der Waals surface area contributed by atoms with Crippen LogP contribution in [0.15, 0.2) is 0 Å². The van der Waals surface area contributed by atoms with E-state index in [1.807, 2.05) is 7.05 Å². The van der Waals surface area contributed by atoms with Crippen molar-refractivity contribution in [3.8, 4) is 0 Å². The highest BCUT2D eigenvalue weighted by molar-refractivity contribution is 5.85. The highest BCUT2D eigenvalue weighted by Gasteiger charge is 2.42. The molecule has 4 nitrogen and oxygen atoms in total. The Hall–Kier alpha value is -1.06. The summed E-state index contributed by atoms with van der Waals surface area (Å²) in [5.74, 6) is -0.141. The Morgan fingerprint density at radius 2 is 1.84 bits per heavy atom. The van der Waals surface area contributed by atoms with Crippen molar-refractivity contribution < 1.29 is 14.3 Å². The zero-order valence-electron chi connectivity index (χ0n) is 12.6. The van der Waals surface area contributed by atoms with Crippen LogP contribution in [-0.2, 0) is 14.3 Å². The third-order valence-electron chi connectivity index (χ3n) is 4.09. The van der Waals surface area contributed by atoms with E-state index in [0.29, 0.717) is 5.92 Å². The van der Waals surface area contributed by atoms with Gasteiger partial charge < -0.3 is 9.64 Å². The smallest absolute Gasteiger partial charge is 0.309 e. The molecule has 0 N–H and O–H groups in total. The van der Waals surface area contributed by atoms with Gasteiger partial charge in [0.2, 0.25) is 5.91 Å². The van der Waals surface area contributed by atoms with Gasteiger partial charge in [-0.1, -0.05) is 26.7 Å². The van der Waals surface area contributed by atoms with E-state index in [2.05, 4.69) is 13.8 Å². The van der Waals surface area contributed by atoms with Crippen LogP contribution in [0.1, 0.15) is 46.0 Å². The minimum absolute atomic E-state index is 0.107. The number of rotatable bonds is 6. The number of hydrogen-bond acceptors (Lipinski definition) is 3. The first kappa shape index (κ1) is 16.0. The third-order valence-corrected chi connectivity index (χ3v) is 4.09. The highest BCUT2D eigenvalue weighted by Crippen LogP contribution is 2.37. The van der Waals surface area contributed by atoms with E-state index in [1.165, 1.54) is 7.11 Å². The molecule has 1 fully saturated rings. The summed E-state index contributed by atoms with van der Waals surface area (Å²) in [5, 5.41) is 0. The SMILES string of the molecule is CCCCCN(C)C(=O)C1CC(C)CC1C(=O)OC. The predicted molar refractivity (Wildman–Crippen MR) is 74.6 cm³/mol. The molecule has 19 heavy (non-hydrogen) atoms. The Kier molecular flexibility index (Phi) is 6.32. The number of amides is 1. The molecule has 1 aliphatic carbocycles. The van der Waals surface area contributed by atoms with Gasteiger partial charge in [-0.05, 0) is 25.2 Å². The van der Waals surface area contributed by atoms with Crippen LogP contribution < -0.4 is 0 Å². The lowest BCUT2D eigenvalue weighted by Crippen LogP contribution is -2.37. The van der Waals surface area contributed by atoms with Gasteiger partial charge >= 0.3 is 5.97 Å².